The van der Waals surface area contributed by atoms with E-state index in [-0.39, 0.29) is 17.2 Å². The lowest BCUT2D eigenvalue weighted by molar-refractivity contribution is -0.118. The summed E-state index contributed by atoms with van der Waals surface area (Å²) >= 11 is 2.85. The van der Waals surface area contributed by atoms with Crippen LogP contribution < -0.4 is 15.7 Å². The highest BCUT2D eigenvalue weighted by molar-refractivity contribution is 7.99. The molecule has 1 aliphatic rings. The van der Waals surface area contributed by atoms with E-state index in [1.165, 1.54) is 16.6 Å². The van der Waals surface area contributed by atoms with Gasteiger partial charge in [0.2, 0.25) is 0 Å². The number of hydrazone groups is 1. The Labute approximate surface area is 223 Å². The fourth-order valence-corrected chi connectivity index (χ4v) is 6.53. The van der Waals surface area contributed by atoms with Crippen molar-refractivity contribution >= 4 is 44.9 Å². The van der Waals surface area contributed by atoms with E-state index in [1.54, 1.807) is 23.0 Å². The Kier molecular flexibility index (Phi) is 7.43. The Morgan fingerprint density at radius 2 is 1.97 bits per heavy atom. The Hall–Kier alpha value is -3.43. The molecule has 2 aromatic heterocycles. The number of hydrogen-bond donors (Lipinski definition) is 1. The average Bonchev–Trinajstić information content (AvgIpc) is 3.30. The van der Waals surface area contributed by atoms with Crippen LogP contribution in [0, 0.1) is 6.92 Å². The normalized spacial score (nSPS) is 13.4. The molecule has 2 aromatic carbocycles. The molecule has 1 N–H and O–H groups in total. The van der Waals surface area contributed by atoms with Gasteiger partial charge >= 0.3 is 0 Å². The van der Waals surface area contributed by atoms with Crippen LogP contribution in [0.25, 0.3) is 15.9 Å². The van der Waals surface area contributed by atoms with Gasteiger partial charge < -0.3 is 4.74 Å². The van der Waals surface area contributed by atoms with Crippen molar-refractivity contribution in [1.82, 2.24) is 15.0 Å². The van der Waals surface area contributed by atoms with Gasteiger partial charge in [-0.1, -0.05) is 41.6 Å². The Morgan fingerprint density at radius 3 is 2.76 bits per heavy atom. The topological polar surface area (TPSA) is 85.6 Å². The number of methoxy groups -OCH3 is 1. The number of benzene rings is 2. The van der Waals surface area contributed by atoms with Gasteiger partial charge in [-0.3, -0.25) is 14.2 Å². The van der Waals surface area contributed by atoms with Crippen molar-refractivity contribution in [3.05, 3.63) is 80.5 Å². The van der Waals surface area contributed by atoms with E-state index in [9.17, 15) is 9.59 Å². The molecule has 190 valence electrons. The summed E-state index contributed by atoms with van der Waals surface area (Å²) in [5.74, 6) is 0.520. The predicted molar refractivity (Wildman–Crippen MR) is 151 cm³/mol. The minimum atomic E-state index is -0.275. The second-order valence-electron chi connectivity index (χ2n) is 9.01. The highest BCUT2D eigenvalue weighted by atomic mass is 32.2. The number of thiophene rings is 1. The summed E-state index contributed by atoms with van der Waals surface area (Å²) in [7, 11) is 1.61. The van der Waals surface area contributed by atoms with E-state index in [2.05, 4.69) is 10.5 Å². The van der Waals surface area contributed by atoms with Crippen LogP contribution in [0.3, 0.4) is 0 Å². The molecule has 9 heteroatoms. The van der Waals surface area contributed by atoms with Crippen molar-refractivity contribution in [3.8, 4) is 11.4 Å². The first kappa shape index (κ1) is 25.2. The second-order valence-corrected chi connectivity index (χ2v) is 11.0. The second kappa shape index (κ2) is 10.9. The van der Waals surface area contributed by atoms with Gasteiger partial charge in [-0.15, -0.1) is 11.3 Å². The first-order valence-electron chi connectivity index (χ1n) is 12.2. The molecule has 5 rings (SSSR count). The SMILES string of the molecule is COc1cccc(/C(C)=N\NC(=O)CSc2nc3sc4c(c3c(=O)n2-c2ccc(C)cc2)CCCC4)c1. The molecule has 1 amide bonds. The quantitative estimate of drug-likeness (QED) is 0.152. The van der Waals surface area contributed by atoms with Gasteiger partial charge in [-0.05, 0) is 69.4 Å². The molecule has 0 aliphatic heterocycles. The van der Waals surface area contributed by atoms with Gasteiger partial charge in [-0.2, -0.15) is 5.10 Å². The van der Waals surface area contributed by atoms with Crippen LogP contribution in [0.1, 0.15) is 41.3 Å². The van der Waals surface area contributed by atoms with Crippen LogP contribution in [-0.2, 0) is 17.6 Å². The van der Waals surface area contributed by atoms with Crippen LogP contribution in [0.5, 0.6) is 5.75 Å². The molecule has 7 nitrogen and oxygen atoms in total. The van der Waals surface area contributed by atoms with Gasteiger partial charge in [-0.25, -0.2) is 10.4 Å². The summed E-state index contributed by atoms with van der Waals surface area (Å²) in [6, 6.07) is 15.3. The summed E-state index contributed by atoms with van der Waals surface area (Å²) in [6.07, 6.45) is 4.15. The standard InChI is InChI=1S/C28H28N4O3S2/c1-17-11-13-20(14-12-17)32-27(34)25-22-9-4-5-10-23(22)37-26(25)29-28(32)36-16-24(33)31-30-18(2)19-7-6-8-21(15-19)35-3/h6-8,11-15H,4-5,9-10,16H2,1-3H3,(H,31,33)/b30-18-. The van der Waals surface area contributed by atoms with Gasteiger partial charge in [0, 0.05) is 10.4 Å². The van der Waals surface area contributed by atoms with E-state index >= 15 is 0 Å². The highest BCUT2D eigenvalue weighted by Crippen LogP contribution is 2.35. The fraction of sp³-hybridized carbons (Fsp3) is 0.286. The Balaban J connectivity index is 1.42. The minimum Gasteiger partial charge on any atom is -0.497 e. The van der Waals surface area contributed by atoms with Crippen LogP contribution in [0.15, 0.2) is 63.6 Å². The number of thioether (sulfide) groups is 1. The van der Waals surface area contributed by atoms with Gasteiger partial charge in [0.25, 0.3) is 11.5 Å². The molecule has 0 atom stereocenters. The number of aromatic nitrogens is 2. The van der Waals surface area contributed by atoms with Crippen LogP contribution in [0.4, 0.5) is 0 Å². The maximum Gasteiger partial charge on any atom is 0.267 e. The number of carbonyl (C=O) groups excluding carboxylic acids is 1. The summed E-state index contributed by atoms with van der Waals surface area (Å²) < 4.78 is 6.90. The third-order valence-electron chi connectivity index (χ3n) is 6.42. The van der Waals surface area contributed by atoms with E-state index < -0.39 is 0 Å². The molecule has 0 unspecified atom stereocenters. The molecule has 0 spiro atoms. The van der Waals surface area contributed by atoms with Gasteiger partial charge in [0.15, 0.2) is 5.16 Å². The number of ether oxygens (including phenoxy) is 1. The largest absolute Gasteiger partial charge is 0.497 e. The smallest absolute Gasteiger partial charge is 0.267 e. The van der Waals surface area contributed by atoms with Gasteiger partial charge in [0.1, 0.15) is 10.6 Å². The Morgan fingerprint density at radius 1 is 1.19 bits per heavy atom. The molecule has 37 heavy (non-hydrogen) atoms. The van der Waals surface area contributed by atoms with E-state index in [1.807, 2.05) is 62.4 Å². The predicted octanol–water partition coefficient (Wildman–Crippen LogP) is 5.28. The molecule has 0 saturated heterocycles. The van der Waals surface area contributed by atoms with E-state index in [0.29, 0.717) is 10.9 Å². The molecule has 0 fully saturated rings. The zero-order chi connectivity index (χ0) is 25.9. The average molecular weight is 533 g/mol. The first-order valence-corrected chi connectivity index (χ1v) is 14.0. The number of fused-ring (bicyclic) bond motifs is 3. The van der Waals surface area contributed by atoms with Crippen molar-refractivity contribution < 1.29 is 9.53 Å². The van der Waals surface area contributed by atoms with Crippen molar-refractivity contribution in [2.45, 2.75) is 44.7 Å². The molecule has 0 saturated carbocycles. The summed E-state index contributed by atoms with van der Waals surface area (Å²) in [6.45, 7) is 3.84. The molecular formula is C28H28N4O3S2. The highest BCUT2D eigenvalue weighted by Gasteiger charge is 2.23. The maximum atomic E-state index is 13.8. The van der Waals surface area contributed by atoms with Crippen molar-refractivity contribution in [1.29, 1.82) is 0 Å². The van der Waals surface area contributed by atoms with Crippen molar-refractivity contribution in [2.75, 3.05) is 12.9 Å². The van der Waals surface area contributed by atoms with Gasteiger partial charge in [0.05, 0.1) is 29.6 Å². The minimum absolute atomic E-state index is 0.0666. The van der Waals surface area contributed by atoms with Crippen molar-refractivity contribution in [3.63, 3.8) is 0 Å². The monoisotopic (exact) mass is 532 g/mol. The van der Waals surface area contributed by atoms with E-state index in [0.717, 1.165) is 64.0 Å². The zero-order valence-corrected chi connectivity index (χ0v) is 22.7. The zero-order valence-electron chi connectivity index (χ0n) is 21.0. The summed E-state index contributed by atoms with van der Waals surface area (Å²) in [5, 5.41) is 5.48. The number of hydrogen-bond acceptors (Lipinski definition) is 7. The van der Waals surface area contributed by atoms with E-state index in [4.69, 9.17) is 9.72 Å². The van der Waals surface area contributed by atoms with Crippen LogP contribution in [0.2, 0.25) is 0 Å². The number of carbonyl (C=O) groups is 1. The third-order valence-corrected chi connectivity index (χ3v) is 8.54. The summed E-state index contributed by atoms with van der Waals surface area (Å²) in [4.78, 5) is 33.4. The lowest BCUT2D eigenvalue weighted by Crippen LogP contribution is -2.24. The molecule has 4 aromatic rings. The number of nitrogens with one attached hydrogen (secondary N) is 1. The van der Waals surface area contributed by atoms with Crippen LogP contribution in [-0.4, -0.2) is 34.0 Å². The fourth-order valence-electron chi connectivity index (χ4n) is 4.43. The lowest BCUT2D eigenvalue weighted by atomic mass is 9.97. The Bertz CT molecular complexity index is 1550. The summed E-state index contributed by atoms with van der Waals surface area (Å²) in [5.41, 5.74) is 7.08. The molecular weight excluding hydrogens is 504 g/mol. The first-order chi connectivity index (χ1) is 17.9. The molecule has 0 bridgehead atoms. The van der Waals surface area contributed by atoms with Crippen LogP contribution >= 0.6 is 23.1 Å². The van der Waals surface area contributed by atoms with Crippen molar-refractivity contribution in [2.24, 2.45) is 5.10 Å². The number of rotatable bonds is 7. The molecule has 2 heterocycles. The number of amides is 1. The molecule has 0 radical (unpaired) electrons. The number of nitrogens with zero attached hydrogens (tertiary/aromatic N) is 3. The maximum absolute atomic E-state index is 13.8. The molecule has 1 aliphatic carbocycles. The number of aryl methyl sites for hydroxylation is 3. The lowest BCUT2D eigenvalue weighted by Gasteiger charge is -2.13. The third kappa shape index (κ3) is 5.33.